The number of aryl methyl sites for hydroxylation is 1. The lowest BCUT2D eigenvalue weighted by Crippen LogP contribution is -2.32. The number of carbonyl (C=O) groups is 2. The number of ether oxygens (including phenoxy) is 3. The summed E-state index contributed by atoms with van der Waals surface area (Å²) in [6.07, 6.45) is 24.6. The van der Waals surface area contributed by atoms with Gasteiger partial charge in [-0.25, -0.2) is 4.79 Å². The van der Waals surface area contributed by atoms with Gasteiger partial charge in [0.1, 0.15) is 5.78 Å². The first-order valence-electron chi connectivity index (χ1n) is 19.8. The molecule has 1 aliphatic heterocycles. The largest absolute Gasteiger partial charge is 0.462 e. The summed E-state index contributed by atoms with van der Waals surface area (Å²) in [4.78, 5) is 32.6. The molecule has 2 heterocycles. The van der Waals surface area contributed by atoms with Crippen LogP contribution in [-0.2, 0) is 38.4 Å². The molecular weight excluding hydrogens is 621 g/mol. The van der Waals surface area contributed by atoms with Crippen molar-refractivity contribution in [2.75, 3.05) is 60.3 Å². The summed E-state index contributed by atoms with van der Waals surface area (Å²) in [7, 11) is 4.06. The third kappa shape index (κ3) is 19.8. The van der Waals surface area contributed by atoms with Crippen LogP contribution in [0.25, 0.3) is 0 Å². The Morgan fingerprint density at radius 3 is 1.92 bits per heavy atom. The van der Waals surface area contributed by atoms with Gasteiger partial charge >= 0.3 is 5.97 Å². The van der Waals surface area contributed by atoms with Gasteiger partial charge in [0.15, 0.2) is 0 Å². The molecule has 0 atom stereocenters. The molecule has 0 bridgehead atoms. The van der Waals surface area contributed by atoms with Gasteiger partial charge in [-0.15, -0.1) is 11.3 Å². The number of carbonyl (C=O) groups excluding carboxylic acids is 2. The minimum atomic E-state index is -0.213. The van der Waals surface area contributed by atoms with Gasteiger partial charge in [0, 0.05) is 62.1 Å². The van der Waals surface area contributed by atoms with Crippen LogP contribution in [0.2, 0.25) is 0 Å². The highest BCUT2D eigenvalue weighted by Crippen LogP contribution is 2.35. The number of Topliss-reactive ketones (excluding diaryl/α,β-unsaturated/α-hetero) is 1. The molecule has 0 aromatic carbocycles. The first-order chi connectivity index (χ1) is 23.5. The van der Waals surface area contributed by atoms with E-state index in [1.165, 1.54) is 88.3 Å². The Kier molecular flexibility index (Phi) is 25.3. The Bertz CT molecular complexity index is 966. The SMILES string of the molecule is CCCCCCCCCCCOCCCCCCOCN1CCc2c(sc(CCC(=O)CCCCCC)c2C(=O)OCCCN(C)C)C1. The Balaban J connectivity index is 1.65. The minimum absolute atomic E-state index is 0.213. The van der Waals surface area contributed by atoms with Crippen LogP contribution >= 0.6 is 11.3 Å². The lowest BCUT2D eigenvalue weighted by atomic mass is 9.99. The van der Waals surface area contributed by atoms with E-state index in [2.05, 4.69) is 23.6 Å². The van der Waals surface area contributed by atoms with E-state index in [4.69, 9.17) is 14.2 Å². The van der Waals surface area contributed by atoms with Crippen molar-refractivity contribution in [1.29, 1.82) is 0 Å². The predicted octanol–water partition coefficient (Wildman–Crippen LogP) is 9.77. The number of unbranched alkanes of at least 4 members (excludes halogenated alkanes) is 14. The van der Waals surface area contributed by atoms with Gasteiger partial charge in [0.05, 0.1) is 18.9 Å². The van der Waals surface area contributed by atoms with Crippen LogP contribution < -0.4 is 0 Å². The molecule has 1 aromatic rings. The van der Waals surface area contributed by atoms with Crippen molar-refractivity contribution in [2.24, 2.45) is 0 Å². The van der Waals surface area contributed by atoms with Crippen LogP contribution in [0.1, 0.15) is 168 Å². The van der Waals surface area contributed by atoms with E-state index < -0.39 is 0 Å². The van der Waals surface area contributed by atoms with Crippen LogP contribution in [-0.4, -0.2) is 81.9 Å². The first-order valence-corrected chi connectivity index (χ1v) is 20.6. The molecule has 0 spiro atoms. The predicted molar refractivity (Wildman–Crippen MR) is 201 cm³/mol. The number of thiophene rings is 1. The number of esters is 1. The fourth-order valence-electron chi connectivity index (χ4n) is 6.35. The second kappa shape index (κ2) is 28.4. The third-order valence-corrected chi connectivity index (χ3v) is 10.6. The fourth-order valence-corrected chi connectivity index (χ4v) is 7.74. The highest BCUT2D eigenvalue weighted by atomic mass is 32.1. The van der Waals surface area contributed by atoms with E-state index in [1.807, 2.05) is 14.1 Å². The van der Waals surface area contributed by atoms with Gasteiger partial charge in [-0.3, -0.25) is 9.69 Å². The first kappa shape index (κ1) is 42.8. The molecule has 0 aliphatic carbocycles. The van der Waals surface area contributed by atoms with E-state index in [1.54, 1.807) is 11.3 Å². The summed E-state index contributed by atoms with van der Waals surface area (Å²) >= 11 is 1.71. The van der Waals surface area contributed by atoms with E-state index in [-0.39, 0.29) is 5.97 Å². The summed E-state index contributed by atoms with van der Waals surface area (Å²) < 4.78 is 17.7. The molecule has 1 aromatic heterocycles. The fraction of sp³-hybridized carbons (Fsp3) is 0.850. The molecule has 8 heteroatoms. The topological polar surface area (TPSA) is 68.3 Å². The van der Waals surface area contributed by atoms with E-state index in [9.17, 15) is 9.59 Å². The van der Waals surface area contributed by atoms with Crippen molar-refractivity contribution in [3.63, 3.8) is 0 Å². The summed E-state index contributed by atoms with van der Waals surface area (Å²) in [5, 5.41) is 0. The van der Waals surface area contributed by atoms with Crippen LogP contribution in [0, 0.1) is 0 Å². The standard InChI is InChI=1S/C40H72N2O5S/c1-5-7-9-11-12-13-14-15-19-29-45-30-20-16-17-21-31-46-34-42-28-26-36-38(33-42)48-37(25-24-35(43)23-18-10-8-6-2)39(36)40(44)47-32-22-27-41(3)4/h5-34H2,1-4H3. The van der Waals surface area contributed by atoms with Crippen molar-refractivity contribution in [2.45, 2.75) is 162 Å². The molecule has 278 valence electrons. The highest BCUT2D eigenvalue weighted by molar-refractivity contribution is 7.12. The smallest absolute Gasteiger partial charge is 0.339 e. The Labute approximate surface area is 298 Å². The average molecular weight is 693 g/mol. The number of rotatable bonds is 32. The van der Waals surface area contributed by atoms with Crippen molar-refractivity contribution < 1.29 is 23.8 Å². The zero-order chi connectivity index (χ0) is 34.7. The van der Waals surface area contributed by atoms with Crippen molar-refractivity contribution in [3.05, 3.63) is 20.9 Å². The molecule has 7 nitrogen and oxygen atoms in total. The summed E-state index contributed by atoms with van der Waals surface area (Å²) in [6.45, 7) is 10.6. The lowest BCUT2D eigenvalue weighted by Gasteiger charge is -2.26. The van der Waals surface area contributed by atoms with Crippen LogP contribution in [0.3, 0.4) is 0 Å². The lowest BCUT2D eigenvalue weighted by molar-refractivity contribution is -0.119. The Hall–Kier alpha value is -1.32. The normalized spacial score (nSPS) is 13.4. The molecule has 0 N–H and O–H groups in total. The molecule has 0 saturated carbocycles. The van der Waals surface area contributed by atoms with Gasteiger partial charge in [-0.2, -0.15) is 0 Å². The Morgan fingerprint density at radius 2 is 1.29 bits per heavy atom. The van der Waals surface area contributed by atoms with Crippen molar-refractivity contribution >= 4 is 23.1 Å². The van der Waals surface area contributed by atoms with E-state index >= 15 is 0 Å². The maximum Gasteiger partial charge on any atom is 0.339 e. The molecule has 0 fully saturated rings. The van der Waals surface area contributed by atoms with Gasteiger partial charge in [-0.1, -0.05) is 97.3 Å². The minimum Gasteiger partial charge on any atom is -0.462 e. The average Bonchev–Trinajstić information content (AvgIpc) is 3.44. The van der Waals surface area contributed by atoms with Crippen molar-refractivity contribution in [3.8, 4) is 0 Å². The van der Waals surface area contributed by atoms with Gasteiger partial charge < -0.3 is 19.1 Å². The zero-order valence-electron chi connectivity index (χ0n) is 31.6. The molecule has 0 saturated heterocycles. The molecule has 0 amide bonds. The molecule has 0 unspecified atom stereocenters. The van der Waals surface area contributed by atoms with Crippen LogP contribution in [0.4, 0.5) is 0 Å². The van der Waals surface area contributed by atoms with Crippen LogP contribution in [0.15, 0.2) is 0 Å². The van der Waals surface area contributed by atoms with E-state index in [0.29, 0.717) is 38.4 Å². The molecular formula is C40H72N2O5S. The molecule has 0 radical (unpaired) electrons. The quantitative estimate of drug-likeness (QED) is 0.0550. The number of fused-ring (bicyclic) bond motifs is 1. The second-order valence-corrected chi connectivity index (χ2v) is 15.3. The number of hydrogen-bond acceptors (Lipinski definition) is 8. The third-order valence-electron chi connectivity index (χ3n) is 9.33. The summed E-state index contributed by atoms with van der Waals surface area (Å²) in [6, 6.07) is 0. The number of nitrogens with zero attached hydrogens (tertiary/aromatic N) is 2. The maximum atomic E-state index is 13.3. The maximum absolute atomic E-state index is 13.3. The van der Waals surface area contributed by atoms with Gasteiger partial charge in [-0.05, 0) is 64.6 Å². The summed E-state index contributed by atoms with van der Waals surface area (Å²) in [5.74, 6) is 0.0923. The van der Waals surface area contributed by atoms with Crippen molar-refractivity contribution in [1.82, 2.24) is 9.80 Å². The molecule has 1 aliphatic rings. The molecule has 48 heavy (non-hydrogen) atoms. The molecule has 2 rings (SSSR count). The monoisotopic (exact) mass is 693 g/mol. The number of ketones is 1. The number of hydrogen-bond donors (Lipinski definition) is 0. The highest BCUT2D eigenvalue weighted by Gasteiger charge is 2.29. The Morgan fingerprint density at radius 1 is 0.708 bits per heavy atom. The summed E-state index contributed by atoms with van der Waals surface area (Å²) in [5.41, 5.74) is 1.88. The van der Waals surface area contributed by atoms with Crippen LogP contribution in [0.5, 0.6) is 0 Å². The van der Waals surface area contributed by atoms with E-state index in [0.717, 1.165) is 94.0 Å². The van der Waals surface area contributed by atoms with Gasteiger partial charge in [0.25, 0.3) is 0 Å². The zero-order valence-corrected chi connectivity index (χ0v) is 32.4. The van der Waals surface area contributed by atoms with Gasteiger partial charge in [0.2, 0.25) is 0 Å². The second-order valence-electron chi connectivity index (χ2n) is 14.1.